The maximum atomic E-state index is 13.3. The van der Waals surface area contributed by atoms with Crippen molar-refractivity contribution in [2.45, 2.75) is 32.7 Å². The fourth-order valence-electron chi connectivity index (χ4n) is 2.10. The molecule has 3 N–H and O–H groups in total. The molecule has 1 aromatic carbocycles. The number of carbonyl (C=O) groups is 1. The van der Waals surface area contributed by atoms with Crippen molar-refractivity contribution < 1.29 is 22.7 Å². The van der Waals surface area contributed by atoms with E-state index in [-0.39, 0.29) is 35.5 Å². The second kappa shape index (κ2) is 7.37. The van der Waals surface area contributed by atoms with Gasteiger partial charge in [-0.05, 0) is 31.5 Å². The summed E-state index contributed by atoms with van der Waals surface area (Å²) in [5, 5.41) is 2.37. The van der Waals surface area contributed by atoms with E-state index in [0.29, 0.717) is 0 Å². The molecule has 0 aliphatic heterocycles. The number of halogens is 3. The Labute approximate surface area is 142 Å². The number of benzene rings is 1. The van der Waals surface area contributed by atoms with Crippen LogP contribution in [0, 0.1) is 0 Å². The van der Waals surface area contributed by atoms with E-state index in [4.69, 9.17) is 10.5 Å². The number of nitrogens with one attached hydrogen (secondary N) is 1. The van der Waals surface area contributed by atoms with Crippen LogP contribution in [-0.4, -0.2) is 22.0 Å². The molecule has 1 heterocycles. The highest BCUT2D eigenvalue weighted by molar-refractivity contribution is 5.96. The number of alkyl halides is 3. The van der Waals surface area contributed by atoms with E-state index >= 15 is 0 Å². The number of hydrogen-bond donors (Lipinski definition) is 2. The Balaban J connectivity index is 2.21. The molecule has 0 atom stereocenters. The van der Waals surface area contributed by atoms with E-state index in [1.54, 1.807) is 13.8 Å². The van der Waals surface area contributed by atoms with Crippen molar-refractivity contribution in [3.05, 3.63) is 47.4 Å². The minimum Gasteiger partial charge on any atom is -0.491 e. The average Bonchev–Trinajstić information content (AvgIpc) is 2.52. The lowest BCUT2D eigenvalue weighted by Gasteiger charge is -2.17. The lowest BCUT2D eigenvalue weighted by atomic mass is 10.1. The third-order valence-electron chi connectivity index (χ3n) is 3.14. The van der Waals surface area contributed by atoms with Crippen molar-refractivity contribution in [2.24, 2.45) is 0 Å². The molecule has 0 saturated carbocycles. The highest BCUT2D eigenvalue weighted by Gasteiger charge is 2.34. The SMILES string of the molecule is CC(C)Oc1ccc(CNC(=O)c2nccnc2N)c(C(F)(F)F)c1. The van der Waals surface area contributed by atoms with Crippen LogP contribution in [0.4, 0.5) is 19.0 Å². The first-order chi connectivity index (χ1) is 11.7. The lowest BCUT2D eigenvalue weighted by Crippen LogP contribution is -2.26. The molecule has 0 radical (unpaired) electrons. The van der Waals surface area contributed by atoms with Gasteiger partial charge in [-0.3, -0.25) is 4.79 Å². The predicted octanol–water partition coefficient (Wildman–Crippen LogP) is 2.79. The van der Waals surface area contributed by atoms with Crippen molar-refractivity contribution in [2.75, 3.05) is 5.73 Å². The molecular weight excluding hydrogens is 337 g/mol. The van der Waals surface area contributed by atoms with Crippen LogP contribution in [0.2, 0.25) is 0 Å². The van der Waals surface area contributed by atoms with Gasteiger partial charge < -0.3 is 15.8 Å². The summed E-state index contributed by atoms with van der Waals surface area (Å²) in [5.74, 6) is -0.700. The van der Waals surface area contributed by atoms with Gasteiger partial charge >= 0.3 is 6.18 Å². The van der Waals surface area contributed by atoms with Gasteiger partial charge in [0.05, 0.1) is 11.7 Å². The summed E-state index contributed by atoms with van der Waals surface area (Å²) in [6.07, 6.45) is -2.26. The Morgan fingerprint density at radius 1 is 1.28 bits per heavy atom. The molecular formula is C16H17F3N4O2. The van der Waals surface area contributed by atoms with Crippen molar-refractivity contribution in [1.82, 2.24) is 15.3 Å². The fraction of sp³-hybridized carbons (Fsp3) is 0.312. The first kappa shape index (κ1) is 18.5. The zero-order chi connectivity index (χ0) is 18.6. The number of anilines is 1. The maximum absolute atomic E-state index is 13.3. The quantitative estimate of drug-likeness (QED) is 0.862. The van der Waals surface area contributed by atoms with Gasteiger partial charge in [0.2, 0.25) is 0 Å². The molecule has 134 valence electrons. The molecule has 2 rings (SSSR count). The van der Waals surface area contributed by atoms with Crippen molar-refractivity contribution in [1.29, 1.82) is 0 Å². The number of ether oxygens (including phenoxy) is 1. The zero-order valence-corrected chi connectivity index (χ0v) is 13.6. The molecule has 0 spiro atoms. The van der Waals surface area contributed by atoms with Gasteiger partial charge in [0, 0.05) is 18.9 Å². The lowest BCUT2D eigenvalue weighted by molar-refractivity contribution is -0.138. The monoisotopic (exact) mass is 354 g/mol. The van der Waals surface area contributed by atoms with Gasteiger partial charge in [0.15, 0.2) is 11.5 Å². The van der Waals surface area contributed by atoms with Crippen molar-refractivity contribution in [3.63, 3.8) is 0 Å². The maximum Gasteiger partial charge on any atom is 0.416 e. The summed E-state index contributed by atoms with van der Waals surface area (Å²) in [7, 11) is 0. The van der Waals surface area contributed by atoms with E-state index in [2.05, 4.69) is 15.3 Å². The van der Waals surface area contributed by atoms with Crippen LogP contribution < -0.4 is 15.8 Å². The Morgan fingerprint density at radius 3 is 2.56 bits per heavy atom. The first-order valence-corrected chi connectivity index (χ1v) is 7.40. The molecule has 0 unspecified atom stereocenters. The van der Waals surface area contributed by atoms with Crippen LogP contribution in [-0.2, 0) is 12.7 Å². The van der Waals surface area contributed by atoms with E-state index in [9.17, 15) is 18.0 Å². The second-order valence-electron chi connectivity index (χ2n) is 5.46. The third kappa shape index (κ3) is 4.82. The van der Waals surface area contributed by atoms with E-state index in [1.807, 2.05) is 0 Å². The van der Waals surface area contributed by atoms with E-state index < -0.39 is 17.6 Å². The standard InChI is InChI=1S/C16H17F3N4O2/c1-9(2)25-11-4-3-10(12(7-11)16(17,18)19)8-23-15(24)13-14(20)22-6-5-21-13/h3-7,9H,8H2,1-2H3,(H2,20,22)(H,23,24). The highest BCUT2D eigenvalue weighted by atomic mass is 19.4. The number of hydrogen-bond acceptors (Lipinski definition) is 5. The summed E-state index contributed by atoms with van der Waals surface area (Å²) >= 11 is 0. The second-order valence-corrected chi connectivity index (χ2v) is 5.46. The first-order valence-electron chi connectivity index (χ1n) is 7.40. The molecule has 0 fully saturated rings. The zero-order valence-electron chi connectivity index (χ0n) is 13.6. The van der Waals surface area contributed by atoms with E-state index in [0.717, 1.165) is 6.07 Å². The van der Waals surface area contributed by atoms with Gasteiger partial charge in [-0.15, -0.1) is 0 Å². The number of nitrogens with zero attached hydrogens (tertiary/aromatic N) is 2. The molecule has 0 aliphatic carbocycles. The average molecular weight is 354 g/mol. The largest absolute Gasteiger partial charge is 0.491 e. The van der Waals surface area contributed by atoms with Gasteiger partial charge in [-0.25, -0.2) is 9.97 Å². The van der Waals surface area contributed by atoms with Crippen LogP contribution in [0.25, 0.3) is 0 Å². The van der Waals surface area contributed by atoms with Crippen LogP contribution in [0.3, 0.4) is 0 Å². The van der Waals surface area contributed by atoms with Crippen molar-refractivity contribution >= 4 is 11.7 Å². The molecule has 1 aromatic heterocycles. The number of nitrogens with two attached hydrogens (primary N) is 1. The van der Waals surface area contributed by atoms with Gasteiger partial charge in [-0.2, -0.15) is 13.2 Å². The summed E-state index contributed by atoms with van der Waals surface area (Å²) < 4.78 is 45.1. The smallest absolute Gasteiger partial charge is 0.416 e. The van der Waals surface area contributed by atoms with Gasteiger partial charge in [0.1, 0.15) is 5.75 Å². The van der Waals surface area contributed by atoms with Crippen molar-refractivity contribution in [3.8, 4) is 5.75 Å². The molecule has 6 nitrogen and oxygen atoms in total. The minimum absolute atomic E-state index is 0.0978. The summed E-state index contributed by atoms with van der Waals surface area (Å²) in [6, 6.07) is 3.60. The van der Waals surface area contributed by atoms with E-state index in [1.165, 1.54) is 24.5 Å². The fourth-order valence-corrected chi connectivity index (χ4v) is 2.10. The Morgan fingerprint density at radius 2 is 1.96 bits per heavy atom. The van der Waals surface area contributed by atoms with Gasteiger partial charge in [-0.1, -0.05) is 6.07 Å². The molecule has 0 saturated heterocycles. The molecule has 9 heteroatoms. The third-order valence-corrected chi connectivity index (χ3v) is 3.14. The number of carbonyl (C=O) groups excluding carboxylic acids is 1. The van der Waals surface area contributed by atoms with Crippen LogP contribution in [0.5, 0.6) is 5.75 Å². The molecule has 0 aliphatic rings. The number of amides is 1. The predicted molar refractivity (Wildman–Crippen MR) is 84.8 cm³/mol. The summed E-state index contributed by atoms with van der Waals surface area (Å²) in [5.41, 5.74) is 4.41. The summed E-state index contributed by atoms with van der Waals surface area (Å²) in [4.78, 5) is 19.5. The normalized spacial score (nSPS) is 11.4. The number of rotatable bonds is 5. The molecule has 1 amide bonds. The Bertz CT molecular complexity index is 763. The molecule has 0 bridgehead atoms. The Hall–Kier alpha value is -2.84. The minimum atomic E-state index is -4.58. The highest BCUT2D eigenvalue weighted by Crippen LogP contribution is 2.34. The molecule has 25 heavy (non-hydrogen) atoms. The molecule has 2 aromatic rings. The Kier molecular flexibility index (Phi) is 5.45. The number of nitrogen functional groups attached to an aromatic ring is 1. The van der Waals surface area contributed by atoms with Crippen LogP contribution in [0.15, 0.2) is 30.6 Å². The summed E-state index contributed by atoms with van der Waals surface area (Å²) in [6.45, 7) is 3.09. The number of aromatic nitrogens is 2. The van der Waals surface area contributed by atoms with Crippen LogP contribution in [0.1, 0.15) is 35.5 Å². The topological polar surface area (TPSA) is 90.1 Å². The van der Waals surface area contributed by atoms with Crippen LogP contribution >= 0.6 is 0 Å². The van der Waals surface area contributed by atoms with Gasteiger partial charge in [0.25, 0.3) is 5.91 Å².